The predicted octanol–water partition coefficient (Wildman–Crippen LogP) is 1.84. The number of aromatic nitrogens is 4. The van der Waals surface area contributed by atoms with Gasteiger partial charge in [0.05, 0.1) is 0 Å². The average Bonchev–Trinajstić information content (AvgIpc) is 2.99. The van der Waals surface area contributed by atoms with E-state index in [4.69, 9.17) is 0 Å². The van der Waals surface area contributed by atoms with Crippen LogP contribution < -0.4 is 15.8 Å². The van der Waals surface area contributed by atoms with Gasteiger partial charge in [0.15, 0.2) is 5.82 Å². The maximum absolute atomic E-state index is 12.2. The summed E-state index contributed by atoms with van der Waals surface area (Å²) in [5.41, 5.74) is -0.0499. The lowest BCUT2D eigenvalue weighted by atomic mass is 10.1. The number of anilines is 2. The number of hydrogen-bond acceptors (Lipinski definition) is 7. The highest BCUT2D eigenvalue weighted by Gasteiger charge is 2.24. The molecule has 0 saturated carbocycles. The van der Waals surface area contributed by atoms with Crippen molar-refractivity contribution >= 4 is 22.5 Å². The summed E-state index contributed by atoms with van der Waals surface area (Å²) in [5, 5.41) is 4.31. The zero-order chi connectivity index (χ0) is 16.4. The topological polar surface area (TPSA) is 75.9 Å². The smallest absolute Gasteiger partial charge is 0.293 e. The van der Waals surface area contributed by atoms with Crippen LogP contribution in [0.4, 0.5) is 10.9 Å². The minimum Gasteiger partial charge on any atom is -0.356 e. The molecule has 2 aromatic rings. The number of aryl methyl sites for hydroxylation is 1. The van der Waals surface area contributed by atoms with E-state index in [0.29, 0.717) is 11.7 Å². The van der Waals surface area contributed by atoms with Crippen molar-refractivity contribution in [2.75, 3.05) is 23.3 Å². The Morgan fingerprint density at radius 1 is 1.43 bits per heavy atom. The Morgan fingerprint density at radius 2 is 2.26 bits per heavy atom. The Morgan fingerprint density at radius 3 is 3.00 bits per heavy atom. The molecule has 0 spiro atoms. The molecular weight excluding hydrogens is 312 g/mol. The molecule has 8 heteroatoms. The van der Waals surface area contributed by atoms with Crippen molar-refractivity contribution in [3.63, 3.8) is 0 Å². The Kier molecular flexibility index (Phi) is 4.61. The highest BCUT2D eigenvalue weighted by atomic mass is 32.1. The molecule has 23 heavy (non-hydrogen) atoms. The van der Waals surface area contributed by atoms with Crippen LogP contribution in [0, 0.1) is 0 Å². The van der Waals surface area contributed by atoms with E-state index in [0.717, 1.165) is 36.9 Å². The third-order valence-corrected chi connectivity index (χ3v) is 4.67. The molecule has 1 aliphatic heterocycles. The van der Waals surface area contributed by atoms with Gasteiger partial charge in [0.2, 0.25) is 5.13 Å². The van der Waals surface area contributed by atoms with Gasteiger partial charge in [-0.3, -0.25) is 4.79 Å². The van der Waals surface area contributed by atoms with Crippen LogP contribution in [0.3, 0.4) is 0 Å². The molecule has 0 aliphatic carbocycles. The standard InChI is InChI=1S/C15H22N6OS/c1-10(2)12-18-15(23-19-12)17-11-5-4-7-21(9-11)13-14(22)20(3)8-6-16-13/h6,8,10-11H,4-5,7,9H2,1-3H3,(H,17,18,19)/t11-/m1/s1. The van der Waals surface area contributed by atoms with Crippen molar-refractivity contribution in [2.45, 2.75) is 38.6 Å². The number of piperidine rings is 1. The minimum absolute atomic E-state index is 0.0499. The number of hydrogen-bond donors (Lipinski definition) is 1. The van der Waals surface area contributed by atoms with Gasteiger partial charge < -0.3 is 14.8 Å². The molecule has 3 heterocycles. The first-order chi connectivity index (χ1) is 11.0. The molecule has 0 amide bonds. The van der Waals surface area contributed by atoms with E-state index in [1.54, 1.807) is 24.0 Å². The number of rotatable bonds is 4. The monoisotopic (exact) mass is 334 g/mol. The molecule has 1 atom stereocenters. The summed E-state index contributed by atoms with van der Waals surface area (Å²) in [7, 11) is 1.75. The summed E-state index contributed by atoms with van der Waals surface area (Å²) in [6, 6.07) is 0.253. The summed E-state index contributed by atoms with van der Waals surface area (Å²) in [6.45, 7) is 5.79. The van der Waals surface area contributed by atoms with Crippen LogP contribution in [0.2, 0.25) is 0 Å². The van der Waals surface area contributed by atoms with Gasteiger partial charge in [0.25, 0.3) is 5.56 Å². The third kappa shape index (κ3) is 3.52. The normalized spacial score (nSPS) is 18.4. The molecule has 1 N–H and O–H groups in total. The van der Waals surface area contributed by atoms with Gasteiger partial charge in [-0.25, -0.2) is 9.97 Å². The van der Waals surface area contributed by atoms with E-state index < -0.39 is 0 Å². The van der Waals surface area contributed by atoms with E-state index in [-0.39, 0.29) is 11.6 Å². The van der Waals surface area contributed by atoms with Crippen molar-refractivity contribution < 1.29 is 0 Å². The van der Waals surface area contributed by atoms with Crippen molar-refractivity contribution in [1.82, 2.24) is 18.9 Å². The molecule has 0 aromatic carbocycles. The van der Waals surface area contributed by atoms with Gasteiger partial charge in [-0.15, -0.1) is 0 Å². The SMILES string of the molecule is CC(C)c1nsc(N[C@@H]2CCCN(c3nccn(C)c3=O)C2)n1. The average molecular weight is 334 g/mol. The Hall–Kier alpha value is -1.96. The third-order valence-electron chi connectivity index (χ3n) is 4.01. The first-order valence-electron chi connectivity index (χ1n) is 7.91. The van der Waals surface area contributed by atoms with E-state index in [9.17, 15) is 4.79 Å². The van der Waals surface area contributed by atoms with Gasteiger partial charge in [-0.05, 0) is 12.8 Å². The maximum Gasteiger partial charge on any atom is 0.293 e. The van der Waals surface area contributed by atoms with E-state index in [1.165, 1.54) is 11.5 Å². The van der Waals surface area contributed by atoms with Crippen LogP contribution in [0.15, 0.2) is 17.2 Å². The lowest BCUT2D eigenvalue weighted by molar-refractivity contribution is 0.523. The van der Waals surface area contributed by atoms with Crippen LogP contribution in [0.25, 0.3) is 0 Å². The minimum atomic E-state index is -0.0499. The molecule has 124 valence electrons. The van der Waals surface area contributed by atoms with Crippen molar-refractivity contribution in [2.24, 2.45) is 7.05 Å². The Balaban J connectivity index is 1.70. The van der Waals surface area contributed by atoms with Gasteiger partial charge in [0.1, 0.15) is 5.82 Å². The Labute approximate surface area is 139 Å². The fourth-order valence-electron chi connectivity index (χ4n) is 2.69. The van der Waals surface area contributed by atoms with E-state index >= 15 is 0 Å². The molecule has 7 nitrogen and oxygen atoms in total. The fourth-order valence-corrected chi connectivity index (χ4v) is 3.48. The zero-order valence-corrected chi connectivity index (χ0v) is 14.5. The second-order valence-corrected chi connectivity index (χ2v) is 6.96. The van der Waals surface area contributed by atoms with Crippen molar-refractivity contribution in [1.29, 1.82) is 0 Å². The molecule has 1 fully saturated rings. The summed E-state index contributed by atoms with van der Waals surface area (Å²) < 4.78 is 5.94. The van der Waals surface area contributed by atoms with E-state index in [1.807, 2.05) is 0 Å². The molecule has 0 radical (unpaired) electrons. The van der Waals surface area contributed by atoms with E-state index in [2.05, 4.69) is 38.4 Å². The molecule has 2 aromatic heterocycles. The molecule has 3 rings (SSSR count). The molecular formula is C15H22N6OS. The zero-order valence-electron chi connectivity index (χ0n) is 13.7. The quantitative estimate of drug-likeness (QED) is 0.919. The van der Waals surface area contributed by atoms with Crippen LogP contribution in [-0.4, -0.2) is 38.0 Å². The highest BCUT2D eigenvalue weighted by Crippen LogP contribution is 2.21. The highest BCUT2D eigenvalue weighted by molar-refractivity contribution is 7.09. The predicted molar refractivity (Wildman–Crippen MR) is 92.3 cm³/mol. The lowest BCUT2D eigenvalue weighted by Crippen LogP contribution is -2.45. The summed E-state index contributed by atoms with van der Waals surface area (Å²) in [6.07, 6.45) is 5.43. The van der Waals surface area contributed by atoms with Crippen LogP contribution in [0.1, 0.15) is 38.4 Å². The second kappa shape index (κ2) is 6.66. The number of nitrogens with zero attached hydrogens (tertiary/aromatic N) is 5. The molecule has 1 saturated heterocycles. The summed E-state index contributed by atoms with van der Waals surface area (Å²) >= 11 is 1.40. The molecule has 0 bridgehead atoms. The second-order valence-electron chi connectivity index (χ2n) is 6.21. The van der Waals surface area contributed by atoms with Gasteiger partial charge >= 0.3 is 0 Å². The van der Waals surface area contributed by atoms with Gasteiger partial charge in [-0.1, -0.05) is 13.8 Å². The fraction of sp³-hybridized carbons (Fsp3) is 0.600. The van der Waals surface area contributed by atoms with Crippen molar-refractivity contribution in [3.8, 4) is 0 Å². The first-order valence-corrected chi connectivity index (χ1v) is 8.68. The van der Waals surface area contributed by atoms with Crippen LogP contribution in [0.5, 0.6) is 0 Å². The summed E-state index contributed by atoms with van der Waals surface area (Å²) in [4.78, 5) is 23.1. The van der Waals surface area contributed by atoms with Crippen molar-refractivity contribution in [3.05, 3.63) is 28.6 Å². The summed E-state index contributed by atoms with van der Waals surface area (Å²) in [5.74, 6) is 1.74. The van der Waals surface area contributed by atoms with Gasteiger partial charge in [-0.2, -0.15) is 4.37 Å². The molecule has 0 unspecified atom stereocenters. The van der Waals surface area contributed by atoms with Gasteiger partial charge in [0, 0.05) is 56.0 Å². The first kappa shape index (κ1) is 15.9. The Bertz CT molecular complexity index is 725. The number of nitrogens with one attached hydrogen (secondary N) is 1. The largest absolute Gasteiger partial charge is 0.356 e. The van der Waals surface area contributed by atoms with Crippen LogP contribution in [-0.2, 0) is 7.05 Å². The lowest BCUT2D eigenvalue weighted by Gasteiger charge is -2.33. The van der Waals surface area contributed by atoms with Crippen LogP contribution >= 0.6 is 11.5 Å². The molecule has 1 aliphatic rings. The maximum atomic E-state index is 12.2.